The Balaban J connectivity index is 2.40. The third-order valence-electron chi connectivity index (χ3n) is 2.26. The van der Waals surface area contributed by atoms with Crippen molar-refractivity contribution in [3.05, 3.63) is 34.9 Å². The fourth-order valence-electron chi connectivity index (χ4n) is 1.68. The average Bonchev–Trinajstić information content (AvgIpc) is 2.58. The smallest absolute Gasteiger partial charge is 0.152 e. The van der Waals surface area contributed by atoms with Gasteiger partial charge in [0.05, 0.1) is 11.6 Å². The van der Waals surface area contributed by atoms with Crippen molar-refractivity contribution in [2.45, 2.75) is 6.42 Å². The van der Waals surface area contributed by atoms with E-state index in [-0.39, 0.29) is 0 Å². The zero-order valence-corrected chi connectivity index (χ0v) is 7.06. The molecule has 0 radical (unpaired) electrons. The largest absolute Gasteiger partial charge is 0.285 e. The van der Waals surface area contributed by atoms with Crippen molar-refractivity contribution in [1.82, 2.24) is 0 Å². The lowest BCUT2D eigenvalue weighted by Crippen LogP contribution is -1.77. The van der Waals surface area contributed by atoms with Gasteiger partial charge in [-0.05, 0) is 17.6 Å². The summed E-state index contributed by atoms with van der Waals surface area (Å²) in [6, 6.07) is 0. The highest BCUT2D eigenvalue weighted by molar-refractivity contribution is 7.00. The summed E-state index contributed by atoms with van der Waals surface area (Å²) in [6.07, 6.45) is 7.03. The molecule has 0 fully saturated rings. The summed E-state index contributed by atoms with van der Waals surface area (Å²) in [4.78, 5) is 0. The Kier molecular flexibility index (Phi) is 1.12. The van der Waals surface area contributed by atoms with Crippen LogP contribution in [0.5, 0.6) is 0 Å². The summed E-state index contributed by atoms with van der Waals surface area (Å²) in [5.74, 6) is 0. The van der Waals surface area contributed by atoms with Crippen LogP contribution in [-0.4, -0.2) is 0 Å². The lowest BCUT2D eigenvalue weighted by Gasteiger charge is -1.94. The van der Waals surface area contributed by atoms with Crippen LogP contribution in [0.4, 0.5) is 0 Å². The number of rotatable bonds is 0. The van der Waals surface area contributed by atoms with E-state index in [1.807, 2.05) is 5.38 Å². The van der Waals surface area contributed by atoms with Gasteiger partial charge in [-0.15, -0.1) is 0 Å². The molecule has 0 unspecified atom stereocenters. The van der Waals surface area contributed by atoms with Gasteiger partial charge in [0.25, 0.3) is 0 Å². The third-order valence-corrected chi connectivity index (χ3v) is 2.75. The molecule has 1 heterocycles. The average molecular weight is 178 g/mol. The monoisotopic (exact) mass is 178 g/mol. The van der Waals surface area contributed by atoms with Crippen LogP contribution in [0.15, 0.2) is 32.4 Å². The van der Waals surface area contributed by atoms with Crippen molar-refractivity contribution in [2.24, 2.45) is 0 Å². The minimum absolute atomic E-state index is 1.06. The maximum absolute atomic E-state index is 4.84. The molecule has 0 aromatic carbocycles. The van der Waals surface area contributed by atoms with Gasteiger partial charge in [-0.2, -0.15) is 0 Å². The summed E-state index contributed by atoms with van der Waals surface area (Å²) >= 11 is 1.23. The molecule has 0 amide bonds. The highest BCUT2D eigenvalue weighted by atomic mass is 32.1. The molecular formula is C9H6O2S. The normalized spacial score (nSPS) is 17.0. The van der Waals surface area contributed by atoms with Gasteiger partial charge in [0, 0.05) is 16.5 Å². The lowest BCUT2D eigenvalue weighted by atomic mass is 10.1. The van der Waals surface area contributed by atoms with E-state index >= 15 is 0 Å². The minimum Gasteiger partial charge on any atom is -0.285 e. The Morgan fingerprint density at radius 3 is 2.92 bits per heavy atom. The molecule has 0 saturated heterocycles. The SMILES string of the molecule is C1=C2CC(=C1)c1csoocc12. The predicted octanol–water partition coefficient (Wildman–Crippen LogP) is 3.24. The molecule has 2 bridgehead atoms. The molecule has 1 aromatic heterocycles. The van der Waals surface area contributed by atoms with Crippen LogP contribution in [0.1, 0.15) is 17.5 Å². The quantitative estimate of drug-likeness (QED) is 0.570. The Hall–Kier alpha value is -1.22. The number of hydrogen-bond donors (Lipinski definition) is 0. The van der Waals surface area contributed by atoms with E-state index in [1.54, 1.807) is 6.26 Å². The van der Waals surface area contributed by atoms with Gasteiger partial charge in [-0.25, -0.2) is 4.01 Å². The Labute approximate surface area is 73.3 Å². The second-order valence-electron chi connectivity index (χ2n) is 2.88. The molecule has 2 aliphatic rings. The van der Waals surface area contributed by atoms with Gasteiger partial charge >= 0.3 is 0 Å². The molecule has 0 aliphatic heterocycles. The van der Waals surface area contributed by atoms with E-state index in [0.29, 0.717) is 0 Å². The lowest BCUT2D eigenvalue weighted by molar-refractivity contribution is 0.0997. The molecule has 0 atom stereocenters. The van der Waals surface area contributed by atoms with Gasteiger partial charge in [-0.3, -0.25) is 4.58 Å². The van der Waals surface area contributed by atoms with Gasteiger partial charge in [-0.1, -0.05) is 12.2 Å². The molecule has 0 N–H and O–H groups in total. The first-order valence-corrected chi connectivity index (χ1v) is 4.55. The Morgan fingerprint density at radius 2 is 2.00 bits per heavy atom. The molecular weight excluding hydrogens is 172 g/mol. The molecule has 0 saturated carbocycles. The summed E-state index contributed by atoms with van der Waals surface area (Å²) < 4.78 is 9.61. The summed E-state index contributed by atoms with van der Waals surface area (Å²) in [7, 11) is 0. The van der Waals surface area contributed by atoms with Crippen molar-refractivity contribution < 1.29 is 8.58 Å². The first-order valence-electron chi connectivity index (χ1n) is 3.75. The van der Waals surface area contributed by atoms with Crippen LogP contribution >= 0.6 is 11.6 Å². The highest BCUT2D eigenvalue weighted by Crippen LogP contribution is 2.44. The van der Waals surface area contributed by atoms with E-state index in [4.69, 9.17) is 8.58 Å². The molecule has 3 heteroatoms. The van der Waals surface area contributed by atoms with Gasteiger partial charge in [0.15, 0.2) is 6.26 Å². The highest BCUT2D eigenvalue weighted by Gasteiger charge is 2.24. The second-order valence-corrected chi connectivity index (χ2v) is 3.45. The number of hydrogen-bond acceptors (Lipinski definition) is 3. The van der Waals surface area contributed by atoms with E-state index < -0.39 is 0 Å². The molecule has 12 heavy (non-hydrogen) atoms. The van der Waals surface area contributed by atoms with Crippen molar-refractivity contribution in [1.29, 1.82) is 0 Å². The van der Waals surface area contributed by atoms with Crippen LogP contribution < -0.4 is 0 Å². The number of allylic oxidation sites excluding steroid dienone is 4. The van der Waals surface area contributed by atoms with Crippen molar-refractivity contribution in [3.8, 4) is 0 Å². The molecule has 0 spiro atoms. The summed E-state index contributed by atoms with van der Waals surface area (Å²) in [6.45, 7) is 0. The second kappa shape index (κ2) is 2.14. The topological polar surface area (TPSA) is 26.3 Å². The van der Waals surface area contributed by atoms with Gasteiger partial charge < -0.3 is 0 Å². The fourth-order valence-corrected chi connectivity index (χ4v) is 2.18. The van der Waals surface area contributed by atoms with Crippen LogP contribution in [0.2, 0.25) is 0 Å². The molecule has 2 aliphatic carbocycles. The molecule has 2 nitrogen and oxygen atoms in total. The molecule has 1 aromatic rings. The zero-order valence-electron chi connectivity index (χ0n) is 6.24. The molecule has 60 valence electrons. The van der Waals surface area contributed by atoms with Crippen molar-refractivity contribution in [3.63, 3.8) is 0 Å². The fraction of sp³-hybridized carbons (Fsp3) is 0.111. The predicted molar refractivity (Wildman–Crippen MR) is 47.1 cm³/mol. The first kappa shape index (κ1) is 6.31. The molecule has 3 rings (SSSR count). The van der Waals surface area contributed by atoms with Crippen LogP contribution in [-0.2, 0) is 0 Å². The maximum atomic E-state index is 4.84. The van der Waals surface area contributed by atoms with Gasteiger partial charge in [0.2, 0.25) is 0 Å². The summed E-state index contributed by atoms with van der Waals surface area (Å²) in [5.41, 5.74) is 5.15. The zero-order chi connectivity index (χ0) is 7.97. The third kappa shape index (κ3) is 0.689. The minimum atomic E-state index is 1.06. The maximum Gasteiger partial charge on any atom is 0.152 e. The van der Waals surface area contributed by atoms with Crippen LogP contribution in [0, 0.1) is 0 Å². The standard InChI is InChI=1S/C9H6O2S/c1-2-7-3-6(1)8-4-10-11-12-5-9(7)8/h1-2,4-5H,3H2. The van der Waals surface area contributed by atoms with E-state index in [9.17, 15) is 0 Å². The summed E-state index contributed by atoms with van der Waals surface area (Å²) in [5, 5.41) is 1.99. The van der Waals surface area contributed by atoms with Crippen LogP contribution in [0.3, 0.4) is 0 Å². The van der Waals surface area contributed by atoms with E-state index in [0.717, 1.165) is 6.42 Å². The first-order chi connectivity index (χ1) is 5.95. The van der Waals surface area contributed by atoms with E-state index in [1.165, 1.54) is 33.9 Å². The van der Waals surface area contributed by atoms with Gasteiger partial charge in [0.1, 0.15) is 0 Å². The van der Waals surface area contributed by atoms with Crippen LogP contribution in [0.25, 0.3) is 11.1 Å². The van der Waals surface area contributed by atoms with Crippen molar-refractivity contribution in [2.75, 3.05) is 0 Å². The van der Waals surface area contributed by atoms with Crippen molar-refractivity contribution >= 4 is 22.8 Å². The Bertz CT molecular complexity index is 389. The Morgan fingerprint density at radius 1 is 1.17 bits per heavy atom. The van der Waals surface area contributed by atoms with E-state index in [2.05, 4.69) is 12.2 Å². The number of fused-ring (bicyclic) bond motifs is 5.